The number of rotatable bonds is 4. The van der Waals surface area contributed by atoms with Crippen molar-refractivity contribution in [2.75, 3.05) is 6.54 Å². The molecule has 1 rings (SSSR count). The molecule has 0 aliphatic rings. The highest BCUT2D eigenvalue weighted by atomic mass is 16.5. The Bertz CT molecular complexity index is 328. The molecular formula is C14H23NO. The third-order valence-corrected chi connectivity index (χ3v) is 2.60. The van der Waals surface area contributed by atoms with E-state index < -0.39 is 0 Å². The first-order valence-corrected chi connectivity index (χ1v) is 5.91. The van der Waals surface area contributed by atoms with Crippen molar-refractivity contribution in [1.29, 1.82) is 0 Å². The molecular weight excluding hydrogens is 198 g/mol. The standard InChI is InChI=1S/C14H23NO/c1-11(9-10-15)16-13-8-6-5-7-12(13)14(2,3)4/h5-8,11H,9-10,15H2,1-4H3. The summed E-state index contributed by atoms with van der Waals surface area (Å²) in [5.41, 5.74) is 6.89. The Hall–Kier alpha value is -1.02. The Labute approximate surface area is 98.8 Å². The van der Waals surface area contributed by atoms with Crippen molar-refractivity contribution in [2.45, 2.75) is 45.6 Å². The number of ether oxygens (including phenoxy) is 1. The van der Waals surface area contributed by atoms with Crippen molar-refractivity contribution in [3.63, 3.8) is 0 Å². The van der Waals surface area contributed by atoms with Crippen LogP contribution in [0.15, 0.2) is 24.3 Å². The first-order chi connectivity index (χ1) is 7.45. The second kappa shape index (κ2) is 5.35. The predicted octanol–water partition coefficient (Wildman–Crippen LogP) is 3.10. The van der Waals surface area contributed by atoms with Gasteiger partial charge in [-0.2, -0.15) is 0 Å². The lowest BCUT2D eigenvalue weighted by atomic mass is 9.86. The molecule has 2 N–H and O–H groups in total. The van der Waals surface area contributed by atoms with Crippen LogP contribution in [0.25, 0.3) is 0 Å². The molecule has 16 heavy (non-hydrogen) atoms. The molecule has 0 amide bonds. The summed E-state index contributed by atoms with van der Waals surface area (Å²) in [7, 11) is 0. The van der Waals surface area contributed by atoms with E-state index in [9.17, 15) is 0 Å². The van der Waals surface area contributed by atoms with Gasteiger partial charge < -0.3 is 10.5 Å². The fraction of sp³-hybridized carbons (Fsp3) is 0.571. The largest absolute Gasteiger partial charge is 0.490 e. The summed E-state index contributed by atoms with van der Waals surface area (Å²) in [6.07, 6.45) is 1.06. The Morgan fingerprint density at radius 2 is 1.88 bits per heavy atom. The molecule has 90 valence electrons. The molecule has 0 saturated carbocycles. The van der Waals surface area contributed by atoms with Gasteiger partial charge in [-0.1, -0.05) is 39.0 Å². The maximum Gasteiger partial charge on any atom is 0.123 e. The molecule has 1 aromatic rings. The van der Waals surface area contributed by atoms with Crippen molar-refractivity contribution in [2.24, 2.45) is 5.73 Å². The van der Waals surface area contributed by atoms with E-state index in [-0.39, 0.29) is 11.5 Å². The van der Waals surface area contributed by atoms with Crippen LogP contribution in [0.2, 0.25) is 0 Å². The van der Waals surface area contributed by atoms with Crippen LogP contribution in [0.4, 0.5) is 0 Å². The van der Waals surface area contributed by atoms with Gasteiger partial charge in [0.1, 0.15) is 5.75 Å². The van der Waals surface area contributed by atoms with Gasteiger partial charge in [0.05, 0.1) is 6.10 Å². The highest BCUT2D eigenvalue weighted by molar-refractivity contribution is 5.38. The summed E-state index contributed by atoms with van der Waals surface area (Å²) in [5, 5.41) is 0. The zero-order valence-electron chi connectivity index (χ0n) is 10.8. The third kappa shape index (κ3) is 3.53. The van der Waals surface area contributed by atoms with Gasteiger partial charge in [-0.15, -0.1) is 0 Å². The molecule has 0 heterocycles. The van der Waals surface area contributed by atoms with E-state index in [1.807, 2.05) is 12.1 Å². The number of nitrogens with two attached hydrogens (primary N) is 1. The van der Waals surface area contributed by atoms with Crippen LogP contribution in [0.3, 0.4) is 0 Å². The van der Waals surface area contributed by atoms with E-state index in [0.717, 1.165) is 12.2 Å². The monoisotopic (exact) mass is 221 g/mol. The molecule has 0 radical (unpaired) electrons. The number of para-hydroxylation sites is 1. The maximum atomic E-state index is 5.93. The van der Waals surface area contributed by atoms with Crippen LogP contribution in [-0.2, 0) is 5.41 Å². The molecule has 1 aromatic carbocycles. The summed E-state index contributed by atoms with van der Waals surface area (Å²) in [5.74, 6) is 0.982. The minimum Gasteiger partial charge on any atom is -0.490 e. The van der Waals surface area contributed by atoms with Crippen LogP contribution < -0.4 is 10.5 Å². The van der Waals surface area contributed by atoms with E-state index in [4.69, 9.17) is 10.5 Å². The lowest BCUT2D eigenvalue weighted by Crippen LogP contribution is -2.20. The van der Waals surface area contributed by atoms with Crippen molar-refractivity contribution in [3.8, 4) is 5.75 Å². The third-order valence-electron chi connectivity index (χ3n) is 2.60. The Morgan fingerprint density at radius 1 is 1.25 bits per heavy atom. The van der Waals surface area contributed by atoms with Gasteiger partial charge in [0.15, 0.2) is 0 Å². The molecule has 1 atom stereocenters. The molecule has 0 aliphatic heterocycles. The molecule has 1 unspecified atom stereocenters. The summed E-state index contributed by atoms with van der Waals surface area (Å²) in [6.45, 7) is 9.32. The van der Waals surface area contributed by atoms with Gasteiger partial charge in [-0.05, 0) is 36.9 Å². The molecule has 0 aromatic heterocycles. The molecule has 0 bridgehead atoms. The minimum atomic E-state index is 0.110. The number of hydrogen-bond donors (Lipinski definition) is 1. The summed E-state index contributed by atoms with van der Waals surface area (Å²) in [6, 6.07) is 8.24. The zero-order valence-corrected chi connectivity index (χ0v) is 10.8. The van der Waals surface area contributed by atoms with Crippen LogP contribution in [-0.4, -0.2) is 12.6 Å². The Balaban J connectivity index is 2.87. The summed E-state index contributed by atoms with van der Waals surface area (Å²) < 4.78 is 5.93. The second-order valence-electron chi connectivity index (χ2n) is 5.25. The fourth-order valence-corrected chi connectivity index (χ4v) is 1.70. The van der Waals surface area contributed by atoms with Gasteiger partial charge in [-0.3, -0.25) is 0 Å². The SMILES string of the molecule is CC(CCN)Oc1ccccc1C(C)(C)C. The highest BCUT2D eigenvalue weighted by Crippen LogP contribution is 2.31. The molecule has 2 heteroatoms. The quantitative estimate of drug-likeness (QED) is 0.848. The lowest BCUT2D eigenvalue weighted by Gasteiger charge is -2.24. The van der Waals surface area contributed by atoms with Gasteiger partial charge in [0, 0.05) is 0 Å². The van der Waals surface area contributed by atoms with Crippen molar-refractivity contribution in [1.82, 2.24) is 0 Å². The van der Waals surface area contributed by atoms with Gasteiger partial charge >= 0.3 is 0 Å². The van der Waals surface area contributed by atoms with Gasteiger partial charge in [-0.25, -0.2) is 0 Å². The topological polar surface area (TPSA) is 35.2 Å². The fourth-order valence-electron chi connectivity index (χ4n) is 1.70. The lowest BCUT2D eigenvalue weighted by molar-refractivity contribution is 0.209. The van der Waals surface area contributed by atoms with Crippen molar-refractivity contribution >= 4 is 0 Å². The predicted molar refractivity (Wildman–Crippen MR) is 68.9 cm³/mol. The molecule has 2 nitrogen and oxygen atoms in total. The minimum absolute atomic E-state index is 0.110. The highest BCUT2D eigenvalue weighted by Gasteiger charge is 2.19. The normalized spacial score (nSPS) is 13.6. The molecule has 0 fully saturated rings. The zero-order chi connectivity index (χ0) is 12.2. The van der Waals surface area contributed by atoms with E-state index in [0.29, 0.717) is 6.54 Å². The smallest absolute Gasteiger partial charge is 0.123 e. The first kappa shape index (κ1) is 13.0. The van der Waals surface area contributed by atoms with E-state index in [2.05, 4.69) is 39.8 Å². The average molecular weight is 221 g/mol. The van der Waals surface area contributed by atoms with E-state index >= 15 is 0 Å². The van der Waals surface area contributed by atoms with Gasteiger partial charge in [0.2, 0.25) is 0 Å². The van der Waals surface area contributed by atoms with Crippen LogP contribution in [0, 0.1) is 0 Å². The van der Waals surface area contributed by atoms with E-state index in [1.54, 1.807) is 0 Å². The molecule has 0 aliphatic carbocycles. The summed E-state index contributed by atoms with van der Waals surface area (Å²) in [4.78, 5) is 0. The van der Waals surface area contributed by atoms with Crippen molar-refractivity contribution in [3.05, 3.63) is 29.8 Å². The second-order valence-corrected chi connectivity index (χ2v) is 5.25. The number of hydrogen-bond acceptors (Lipinski definition) is 2. The Morgan fingerprint density at radius 3 is 2.44 bits per heavy atom. The van der Waals surface area contributed by atoms with Crippen LogP contribution in [0.1, 0.15) is 39.7 Å². The average Bonchev–Trinajstić information content (AvgIpc) is 2.17. The maximum absolute atomic E-state index is 5.93. The van der Waals surface area contributed by atoms with Crippen LogP contribution in [0.5, 0.6) is 5.75 Å². The summed E-state index contributed by atoms with van der Waals surface area (Å²) >= 11 is 0. The van der Waals surface area contributed by atoms with Gasteiger partial charge in [0.25, 0.3) is 0 Å². The first-order valence-electron chi connectivity index (χ1n) is 5.91. The molecule has 0 saturated heterocycles. The number of benzene rings is 1. The van der Waals surface area contributed by atoms with E-state index in [1.165, 1.54) is 5.56 Å². The van der Waals surface area contributed by atoms with Crippen molar-refractivity contribution < 1.29 is 4.74 Å². The van der Waals surface area contributed by atoms with Crippen LogP contribution >= 0.6 is 0 Å². The Kier molecular flexibility index (Phi) is 4.36. The molecule has 0 spiro atoms.